The molecule has 2 atom stereocenters. The van der Waals surface area contributed by atoms with Crippen molar-refractivity contribution in [1.29, 1.82) is 0 Å². The maximum absolute atomic E-state index is 5.36. The van der Waals surface area contributed by atoms with Crippen LogP contribution in [-0.2, 0) is 4.74 Å². The van der Waals surface area contributed by atoms with E-state index in [1.807, 2.05) is 0 Å². The molecule has 0 spiro atoms. The minimum atomic E-state index is 0.864. The van der Waals surface area contributed by atoms with Gasteiger partial charge in [-0.2, -0.15) is 0 Å². The third-order valence-electron chi connectivity index (χ3n) is 4.03. The van der Waals surface area contributed by atoms with Gasteiger partial charge in [0.1, 0.15) is 0 Å². The van der Waals surface area contributed by atoms with Crippen LogP contribution in [0.15, 0.2) is 0 Å². The van der Waals surface area contributed by atoms with Gasteiger partial charge in [0, 0.05) is 26.3 Å². The van der Waals surface area contributed by atoms with Crippen LogP contribution in [0, 0.1) is 11.8 Å². The molecule has 100 valence electrons. The predicted molar refractivity (Wildman–Crippen MR) is 71.3 cm³/mol. The molecule has 0 aromatic rings. The van der Waals surface area contributed by atoms with E-state index in [2.05, 4.69) is 17.1 Å². The number of hydrogen-bond donors (Lipinski definition) is 1. The largest absolute Gasteiger partial charge is 0.382 e. The van der Waals surface area contributed by atoms with Gasteiger partial charge in [0.25, 0.3) is 0 Å². The third-order valence-corrected chi connectivity index (χ3v) is 4.03. The van der Waals surface area contributed by atoms with E-state index >= 15 is 0 Å². The maximum atomic E-state index is 5.36. The van der Waals surface area contributed by atoms with Crippen LogP contribution in [0.5, 0.6) is 0 Å². The number of likely N-dealkylation sites (tertiary alicyclic amines) is 1. The zero-order valence-electron chi connectivity index (χ0n) is 11.3. The smallest absolute Gasteiger partial charge is 0.0465 e. The summed E-state index contributed by atoms with van der Waals surface area (Å²) in [5, 5.41) is 3.55. The van der Waals surface area contributed by atoms with Crippen LogP contribution in [0.25, 0.3) is 0 Å². The lowest BCUT2D eigenvalue weighted by Gasteiger charge is -2.41. The molecule has 0 aromatic heterocycles. The minimum Gasteiger partial charge on any atom is -0.382 e. The fraction of sp³-hybridized carbons (Fsp3) is 1.00. The molecule has 2 heterocycles. The summed E-state index contributed by atoms with van der Waals surface area (Å²) in [6, 6.07) is 0. The molecule has 2 bridgehead atoms. The highest BCUT2D eigenvalue weighted by atomic mass is 16.5. The van der Waals surface area contributed by atoms with Crippen molar-refractivity contribution in [3.63, 3.8) is 0 Å². The first-order chi connectivity index (χ1) is 8.38. The summed E-state index contributed by atoms with van der Waals surface area (Å²) in [6.07, 6.45) is 5.37. The quantitative estimate of drug-likeness (QED) is 0.686. The summed E-state index contributed by atoms with van der Waals surface area (Å²) >= 11 is 0. The number of nitrogens with one attached hydrogen (secondary N) is 1. The van der Waals surface area contributed by atoms with E-state index in [-0.39, 0.29) is 0 Å². The monoisotopic (exact) mass is 240 g/mol. The third kappa shape index (κ3) is 4.57. The van der Waals surface area contributed by atoms with E-state index in [1.54, 1.807) is 0 Å². The number of rotatable bonds is 7. The molecule has 0 amide bonds. The van der Waals surface area contributed by atoms with Crippen molar-refractivity contribution >= 4 is 0 Å². The molecule has 0 saturated carbocycles. The second-order valence-corrected chi connectivity index (χ2v) is 5.64. The molecule has 2 rings (SSSR count). The van der Waals surface area contributed by atoms with Crippen molar-refractivity contribution < 1.29 is 4.74 Å². The van der Waals surface area contributed by atoms with Gasteiger partial charge in [0.15, 0.2) is 0 Å². The Balaban J connectivity index is 1.54. The standard InChI is InChI=1S/C14H28N2O/c1-2-17-7-5-3-4-6-16-11-13-8-14(12-16)10-15-9-13/h13-15H,2-12H2,1H3/t13-,14?/m1/s1. The van der Waals surface area contributed by atoms with Gasteiger partial charge < -0.3 is 15.0 Å². The molecule has 17 heavy (non-hydrogen) atoms. The van der Waals surface area contributed by atoms with Gasteiger partial charge >= 0.3 is 0 Å². The lowest BCUT2D eigenvalue weighted by molar-refractivity contribution is 0.0940. The summed E-state index contributed by atoms with van der Waals surface area (Å²) in [6.45, 7) is 10.3. The Morgan fingerprint density at radius 2 is 1.88 bits per heavy atom. The Morgan fingerprint density at radius 3 is 2.59 bits per heavy atom. The van der Waals surface area contributed by atoms with E-state index in [0.29, 0.717) is 0 Å². The Kier molecular flexibility index (Phi) is 5.75. The van der Waals surface area contributed by atoms with Crippen LogP contribution in [-0.4, -0.2) is 50.8 Å². The van der Waals surface area contributed by atoms with Crippen LogP contribution in [0.4, 0.5) is 0 Å². The Bertz CT molecular complexity index is 198. The molecular formula is C14H28N2O. The fourth-order valence-electron chi connectivity index (χ4n) is 3.26. The van der Waals surface area contributed by atoms with Gasteiger partial charge in [0.05, 0.1) is 0 Å². The molecule has 0 aliphatic carbocycles. The van der Waals surface area contributed by atoms with Crippen LogP contribution >= 0.6 is 0 Å². The van der Waals surface area contributed by atoms with E-state index in [0.717, 1.165) is 25.0 Å². The summed E-state index contributed by atoms with van der Waals surface area (Å²) in [5.74, 6) is 1.84. The molecule has 2 aliphatic heterocycles. The molecule has 2 fully saturated rings. The Labute approximate surface area is 106 Å². The molecule has 2 aliphatic rings. The van der Waals surface area contributed by atoms with E-state index in [9.17, 15) is 0 Å². The second-order valence-electron chi connectivity index (χ2n) is 5.64. The maximum Gasteiger partial charge on any atom is 0.0465 e. The number of unbranched alkanes of at least 4 members (excludes halogenated alkanes) is 2. The highest BCUT2D eigenvalue weighted by Crippen LogP contribution is 2.24. The van der Waals surface area contributed by atoms with Crippen molar-refractivity contribution in [2.75, 3.05) is 45.9 Å². The molecule has 1 N–H and O–H groups in total. The van der Waals surface area contributed by atoms with Crippen molar-refractivity contribution in [2.45, 2.75) is 32.6 Å². The normalized spacial score (nSPS) is 29.5. The topological polar surface area (TPSA) is 24.5 Å². The first kappa shape index (κ1) is 13.3. The average molecular weight is 240 g/mol. The van der Waals surface area contributed by atoms with Crippen LogP contribution < -0.4 is 5.32 Å². The first-order valence-corrected chi connectivity index (χ1v) is 7.39. The van der Waals surface area contributed by atoms with Gasteiger partial charge in [0.2, 0.25) is 0 Å². The molecule has 3 heteroatoms. The number of hydrogen-bond acceptors (Lipinski definition) is 3. The van der Waals surface area contributed by atoms with Crippen LogP contribution in [0.3, 0.4) is 0 Å². The van der Waals surface area contributed by atoms with Gasteiger partial charge in [-0.3, -0.25) is 0 Å². The molecule has 0 radical (unpaired) electrons. The van der Waals surface area contributed by atoms with Gasteiger partial charge in [-0.25, -0.2) is 0 Å². The number of nitrogens with zero attached hydrogens (tertiary/aromatic N) is 1. The number of ether oxygens (including phenoxy) is 1. The fourth-order valence-corrected chi connectivity index (χ4v) is 3.26. The molecule has 0 aromatic carbocycles. The summed E-state index contributed by atoms with van der Waals surface area (Å²) < 4.78 is 5.36. The summed E-state index contributed by atoms with van der Waals surface area (Å²) in [7, 11) is 0. The highest BCUT2D eigenvalue weighted by molar-refractivity contribution is 4.85. The Morgan fingerprint density at radius 1 is 1.12 bits per heavy atom. The van der Waals surface area contributed by atoms with E-state index < -0.39 is 0 Å². The van der Waals surface area contributed by atoms with Crippen molar-refractivity contribution in [3.8, 4) is 0 Å². The van der Waals surface area contributed by atoms with Gasteiger partial charge in [-0.05, 0) is 64.1 Å². The van der Waals surface area contributed by atoms with Crippen molar-refractivity contribution in [1.82, 2.24) is 10.2 Å². The zero-order valence-corrected chi connectivity index (χ0v) is 11.3. The first-order valence-electron chi connectivity index (χ1n) is 7.39. The second kappa shape index (κ2) is 7.34. The zero-order chi connectivity index (χ0) is 11.9. The van der Waals surface area contributed by atoms with Crippen molar-refractivity contribution in [2.24, 2.45) is 11.8 Å². The minimum absolute atomic E-state index is 0.864. The molecule has 1 unspecified atom stereocenters. The molecular weight excluding hydrogens is 212 g/mol. The lowest BCUT2D eigenvalue weighted by Crippen LogP contribution is -2.51. The van der Waals surface area contributed by atoms with Crippen LogP contribution in [0.1, 0.15) is 32.6 Å². The van der Waals surface area contributed by atoms with Crippen molar-refractivity contribution in [3.05, 3.63) is 0 Å². The summed E-state index contributed by atoms with van der Waals surface area (Å²) in [5.41, 5.74) is 0. The summed E-state index contributed by atoms with van der Waals surface area (Å²) in [4.78, 5) is 2.69. The van der Waals surface area contributed by atoms with E-state index in [1.165, 1.54) is 58.4 Å². The average Bonchev–Trinajstić information content (AvgIpc) is 2.33. The van der Waals surface area contributed by atoms with Crippen LogP contribution in [0.2, 0.25) is 0 Å². The lowest BCUT2D eigenvalue weighted by atomic mass is 9.86. The van der Waals surface area contributed by atoms with E-state index in [4.69, 9.17) is 4.74 Å². The number of piperidine rings is 2. The SMILES string of the molecule is CCOCCCCCN1CC2CNC[C@@H](C2)C1. The highest BCUT2D eigenvalue weighted by Gasteiger charge is 2.29. The van der Waals surface area contributed by atoms with Gasteiger partial charge in [-0.15, -0.1) is 0 Å². The predicted octanol–water partition coefficient (Wildman–Crippen LogP) is 1.73. The van der Waals surface area contributed by atoms with Gasteiger partial charge in [-0.1, -0.05) is 0 Å². The number of fused-ring (bicyclic) bond motifs is 2. The molecule has 3 nitrogen and oxygen atoms in total. The Hall–Kier alpha value is -0.120. The molecule has 2 saturated heterocycles.